The number of ether oxygens (including phenoxy) is 2. The van der Waals surface area contributed by atoms with Gasteiger partial charge in [-0.25, -0.2) is 4.98 Å². The number of nitro benzene ring substituents is 1. The minimum Gasteiger partial charge on any atom is -0.493 e. The molecule has 1 aromatic heterocycles. The average molecular weight is 444 g/mol. The molecule has 168 valence electrons. The highest BCUT2D eigenvalue weighted by atomic mass is 16.6. The lowest BCUT2D eigenvalue weighted by atomic mass is 9.90. The highest BCUT2D eigenvalue weighted by molar-refractivity contribution is 6.09. The van der Waals surface area contributed by atoms with Gasteiger partial charge in [-0.15, -0.1) is 0 Å². The Bertz CT molecular complexity index is 1380. The predicted molar refractivity (Wildman–Crippen MR) is 129 cm³/mol. The standard InChI is InChI=1S/C26H25N3O4/c1-3-12-33-26-22(29(30)31)13-17(14-23(26)32-2)25-20-15-27-11-10-19(20)24-18-7-5-4-6-16(18)8-9-21(24)28-25/h4-9,13-14,27H,3,10-12,15H2,1-2H3. The molecule has 7 heteroatoms. The molecule has 0 saturated carbocycles. The summed E-state index contributed by atoms with van der Waals surface area (Å²) in [5.74, 6) is 0.498. The quantitative estimate of drug-likeness (QED) is 0.244. The maximum atomic E-state index is 11.9. The maximum absolute atomic E-state index is 11.9. The zero-order valence-electron chi connectivity index (χ0n) is 18.7. The molecule has 1 aliphatic heterocycles. The first kappa shape index (κ1) is 21.2. The Morgan fingerprint density at radius 2 is 2.00 bits per heavy atom. The number of pyridine rings is 1. The van der Waals surface area contributed by atoms with Gasteiger partial charge in [-0.1, -0.05) is 37.3 Å². The summed E-state index contributed by atoms with van der Waals surface area (Å²) in [6.45, 7) is 3.86. The Morgan fingerprint density at radius 3 is 2.79 bits per heavy atom. The van der Waals surface area contributed by atoms with Crippen LogP contribution in [-0.4, -0.2) is 30.2 Å². The molecule has 0 fully saturated rings. The number of aromatic nitrogens is 1. The largest absolute Gasteiger partial charge is 0.493 e. The fraction of sp³-hybridized carbons (Fsp3) is 0.269. The van der Waals surface area contributed by atoms with Crippen LogP contribution in [0.3, 0.4) is 0 Å². The van der Waals surface area contributed by atoms with E-state index >= 15 is 0 Å². The molecule has 0 amide bonds. The van der Waals surface area contributed by atoms with Crippen LogP contribution in [0.2, 0.25) is 0 Å². The lowest BCUT2D eigenvalue weighted by Gasteiger charge is -2.23. The Balaban J connectivity index is 1.79. The third kappa shape index (κ3) is 3.64. The zero-order valence-corrected chi connectivity index (χ0v) is 18.7. The number of fused-ring (bicyclic) bond motifs is 5. The molecule has 0 radical (unpaired) electrons. The SMILES string of the molecule is CCCOc1c(OC)cc(-c2nc3ccc4ccccc4c3c3c2CNCC3)cc1[N+](=O)[O-]. The molecule has 1 aliphatic rings. The van der Waals surface area contributed by atoms with Crippen LogP contribution in [0.5, 0.6) is 11.5 Å². The first-order valence-electron chi connectivity index (χ1n) is 11.2. The van der Waals surface area contributed by atoms with Gasteiger partial charge in [0.15, 0.2) is 5.75 Å². The third-order valence-electron chi connectivity index (χ3n) is 6.12. The van der Waals surface area contributed by atoms with Crippen molar-refractivity contribution >= 4 is 27.4 Å². The van der Waals surface area contributed by atoms with Crippen LogP contribution < -0.4 is 14.8 Å². The number of nitrogens with one attached hydrogen (secondary N) is 1. The van der Waals surface area contributed by atoms with Gasteiger partial charge in [-0.2, -0.15) is 0 Å². The molecule has 3 aromatic carbocycles. The summed E-state index contributed by atoms with van der Waals surface area (Å²) in [6.07, 6.45) is 1.60. The van der Waals surface area contributed by atoms with Crippen molar-refractivity contribution in [3.8, 4) is 22.8 Å². The molecule has 0 aliphatic carbocycles. The minimum atomic E-state index is -0.420. The van der Waals surface area contributed by atoms with Crippen LogP contribution in [0, 0.1) is 10.1 Å². The highest BCUT2D eigenvalue weighted by Crippen LogP contribution is 2.43. The molecule has 0 bridgehead atoms. The molecule has 1 N–H and O–H groups in total. The average Bonchev–Trinajstić information content (AvgIpc) is 2.86. The van der Waals surface area contributed by atoms with E-state index in [9.17, 15) is 10.1 Å². The van der Waals surface area contributed by atoms with Gasteiger partial charge in [0.2, 0.25) is 5.75 Å². The van der Waals surface area contributed by atoms with Crippen LogP contribution in [0.4, 0.5) is 5.69 Å². The van der Waals surface area contributed by atoms with Gasteiger partial charge in [-0.3, -0.25) is 10.1 Å². The van der Waals surface area contributed by atoms with Gasteiger partial charge in [0.05, 0.1) is 29.9 Å². The van der Waals surface area contributed by atoms with E-state index in [0.29, 0.717) is 24.5 Å². The van der Waals surface area contributed by atoms with E-state index in [2.05, 4.69) is 23.5 Å². The minimum absolute atomic E-state index is 0.115. The number of benzene rings is 3. The van der Waals surface area contributed by atoms with Gasteiger partial charge in [0, 0.05) is 23.6 Å². The molecule has 33 heavy (non-hydrogen) atoms. The van der Waals surface area contributed by atoms with E-state index in [1.807, 2.05) is 25.1 Å². The van der Waals surface area contributed by atoms with Crippen molar-refractivity contribution in [2.45, 2.75) is 26.3 Å². The van der Waals surface area contributed by atoms with E-state index < -0.39 is 4.92 Å². The Morgan fingerprint density at radius 1 is 1.15 bits per heavy atom. The lowest BCUT2D eigenvalue weighted by molar-refractivity contribution is -0.385. The van der Waals surface area contributed by atoms with Crippen molar-refractivity contribution in [3.63, 3.8) is 0 Å². The molecule has 0 unspecified atom stereocenters. The number of nitro groups is 1. The van der Waals surface area contributed by atoms with Crippen LogP contribution in [0.15, 0.2) is 48.5 Å². The molecule has 0 saturated heterocycles. The van der Waals surface area contributed by atoms with Crippen molar-refractivity contribution in [2.75, 3.05) is 20.3 Å². The molecule has 5 rings (SSSR count). The maximum Gasteiger partial charge on any atom is 0.315 e. The second kappa shape index (κ2) is 8.67. The van der Waals surface area contributed by atoms with Gasteiger partial charge in [-0.05, 0) is 53.4 Å². The Labute approximate surface area is 191 Å². The summed E-state index contributed by atoms with van der Waals surface area (Å²) in [5.41, 5.74) is 4.48. The summed E-state index contributed by atoms with van der Waals surface area (Å²) in [4.78, 5) is 16.5. The highest BCUT2D eigenvalue weighted by Gasteiger charge is 2.26. The normalized spacial score (nSPS) is 13.2. The number of nitrogens with zero attached hydrogens (tertiary/aromatic N) is 2. The first-order chi connectivity index (χ1) is 16.1. The summed E-state index contributed by atoms with van der Waals surface area (Å²) in [7, 11) is 1.50. The fourth-order valence-corrected chi connectivity index (χ4v) is 4.64. The fourth-order valence-electron chi connectivity index (χ4n) is 4.64. The van der Waals surface area contributed by atoms with Crippen molar-refractivity contribution in [1.82, 2.24) is 10.3 Å². The first-order valence-corrected chi connectivity index (χ1v) is 11.2. The summed E-state index contributed by atoms with van der Waals surface area (Å²) < 4.78 is 11.2. The van der Waals surface area contributed by atoms with E-state index in [4.69, 9.17) is 14.5 Å². The van der Waals surface area contributed by atoms with E-state index in [1.54, 1.807) is 12.1 Å². The smallest absolute Gasteiger partial charge is 0.315 e. The summed E-state index contributed by atoms with van der Waals surface area (Å²) in [5, 5.41) is 18.9. The van der Waals surface area contributed by atoms with E-state index in [0.717, 1.165) is 41.5 Å². The molecular formula is C26H25N3O4. The zero-order chi connectivity index (χ0) is 22.9. The third-order valence-corrected chi connectivity index (χ3v) is 6.12. The lowest BCUT2D eigenvalue weighted by Crippen LogP contribution is -2.25. The van der Waals surface area contributed by atoms with Gasteiger partial charge < -0.3 is 14.8 Å². The van der Waals surface area contributed by atoms with Crippen LogP contribution in [0.25, 0.3) is 32.9 Å². The number of rotatable bonds is 6. The molecule has 0 spiro atoms. The number of hydrogen-bond acceptors (Lipinski definition) is 6. The Kier molecular flexibility index (Phi) is 5.56. The van der Waals surface area contributed by atoms with Gasteiger partial charge in [0.1, 0.15) is 0 Å². The van der Waals surface area contributed by atoms with E-state index in [1.165, 1.54) is 23.4 Å². The molecule has 7 nitrogen and oxygen atoms in total. The summed E-state index contributed by atoms with van der Waals surface area (Å²) in [6, 6.07) is 15.8. The Hall–Kier alpha value is -3.71. The van der Waals surface area contributed by atoms with E-state index in [-0.39, 0.29) is 11.4 Å². The molecule has 4 aromatic rings. The monoisotopic (exact) mass is 443 g/mol. The van der Waals surface area contributed by atoms with Crippen molar-refractivity contribution in [1.29, 1.82) is 0 Å². The van der Waals surface area contributed by atoms with Gasteiger partial charge >= 0.3 is 5.69 Å². The van der Waals surface area contributed by atoms with Crippen molar-refractivity contribution in [3.05, 3.63) is 69.8 Å². The van der Waals surface area contributed by atoms with Crippen LogP contribution >= 0.6 is 0 Å². The summed E-state index contributed by atoms with van der Waals surface area (Å²) >= 11 is 0. The molecular weight excluding hydrogens is 418 g/mol. The topological polar surface area (TPSA) is 86.5 Å². The molecule has 2 heterocycles. The predicted octanol–water partition coefficient (Wildman–Crippen LogP) is 5.41. The second-order valence-corrected chi connectivity index (χ2v) is 8.16. The number of hydrogen-bond donors (Lipinski definition) is 1. The molecule has 0 atom stereocenters. The van der Waals surface area contributed by atoms with Crippen molar-refractivity contribution < 1.29 is 14.4 Å². The second-order valence-electron chi connectivity index (χ2n) is 8.16. The van der Waals surface area contributed by atoms with Crippen LogP contribution in [-0.2, 0) is 13.0 Å². The van der Waals surface area contributed by atoms with Crippen LogP contribution in [0.1, 0.15) is 24.5 Å². The number of methoxy groups -OCH3 is 1. The van der Waals surface area contributed by atoms with Crippen molar-refractivity contribution in [2.24, 2.45) is 0 Å². The van der Waals surface area contributed by atoms with Gasteiger partial charge in [0.25, 0.3) is 0 Å².